The fraction of sp³-hybridized carbons (Fsp3) is 0.105. The normalized spacial score (nSPS) is 10.3. The molecule has 3 aromatic carbocycles. The second kappa shape index (κ2) is 7.52. The Morgan fingerprint density at radius 3 is 2.58 bits per heavy atom. The minimum Gasteiger partial charge on any atom is -0.495 e. The number of ether oxygens (including phenoxy) is 1. The highest BCUT2D eigenvalue weighted by molar-refractivity contribution is 5.96. The van der Waals surface area contributed by atoms with E-state index in [4.69, 9.17) is 4.74 Å². The number of nitro groups is 1. The van der Waals surface area contributed by atoms with Gasteiger partial charge in [-0.1, -0.05) is 30.3 Å². The van der Waals surface area contributed by atoms with E-state index in [0.29, 0.717) is 17.1 Å². The molecule has 0 aliphatic heterocycles. The predicted octanol–water partition coefficient (Wildman–Crippen LogP) is 3.81. The molecule has 2 N–H and O–H groups in total. The summed E-state index contributed by atoms with van der Waals surface area (Å²) >= 11 is 0. The van der Waals surface area contributed by atoms with Crippen molar-refractivity contribution in [2.45, 2.75) is 0 Å². The molecule has 7 nitrogen and oxygen atoms in total. The van der Waals surface area contributed by atoms with Gasteiger partial charge in [-0.3, -0.25) is 14.9 Å². The topological polar surface area (TPSA) is 93.5 Å². The summed E-state index contributed by atoms with van der Waals surface area (Å²) in [5.41, 5.74) is 0.986. The number of amides is 1. The van der Waals surface area contributed by atoms with Crippen LogP contribution in [0.2, 0.25) is 0 Å². The molecule has 0 aliphatic carbocycles. The summed E-state index contributed by atoms with van der Waals surface area (Å²) in [5.74, 6) is 0.156. The van der Waals surface area contributed by atoms with E-state index >= 15 is 0 Å². The number of nitrogens with zero attached hydrogens (tertiary/aromatic N) is 1. The quantitative estimate of drug-likeness (QED) is 0.520. The van der Waals surface area contributed by atoms with E-state index in [9.17, 15) is 14.9 Å². The number of fused-ring (bicyclic) bond motifs is 1. The third-order valence-electron chi connectivity index (χ3n) is 3.87. The summed E-state index contributed by atoms with van der Waals surface area (Å²) < 4.78 is 5.16. The molecule has 0 heterocycles. The molecule has 0 unspecified atom stereocenters. The lowest BCUT2D eigenvalue weighted by atomic mass is 10.1. The lowest BCUT2D eigenvalue weighted by Crippen LogP contribution is -2.22. The summed E-state index contributed by atoms with van der Waals surface area (Å²) in [6.45, 7) is -0.0512. The van der Waals surface area contributed by atoms with Crippen molar-refractivity contribution in [3.05, 3.63) is 70.8 Å². The minimum atomic E-state index is -0.500. The number of methoxy groups -OCH3 is 1. The lowest BCUT2D eigenvalue weighted by molar-refractivity contribution is -0.384. The molecule has 0 radical (unpaired) electrons. The third kappa shape index (κ3) is 3.89. The smallest absolute Gasteiger partial charge is 0.271 e. The van der Waals surface area contributed by atoms with Crippen molar-refractivity contribution in [1.29, 1.82) is 0 Å². The first kappa shape index (κ1) is 17.2. The van der Waals surface area contributed by atoms with Crippen molar-refractivity contribution in [2.75, 3.05) is 24.3 Å². The molecule has 0 saturated heterocycles. The molecule has 0 atom stereocenters. The molecule has 0 fully saturated rings. The summed E-state index contributed by atoms with van der Waals surface area (Å²) in [7, 11) is 1.46. The first-order chi connectivity index (χ1) is 12.6. The maximum absolute atomic E-state index is 12.2. The Morgan fingerprint density at radius 2 is 1.85 bits per heavy atom. The number of carbonyl (C=O) groups excluding carboxylic acids is 1. The van der Waals surface area contributed by atoms with E-state index in [1.807, 2.05) is 42.5 Å². The van der Waals surface area contributed by atoms with Gasteiger partial charge in [0.15, 0.2) is 0 Å². The summed E-state index contributed by atoms with van der Waals surface area (Å²) in [5, 5.41) is 18.7. The van der Waals surface area contributed by atoms with E-state index in [1.54, 1.807) is 0 Å². The molecule has 0 spiro atoms. The highest BCUT2D eigenvalue weighted by atomic mass is 16.6. The van der Waals surface area contributed by atoms with Gasteiger partial charge in [0.05, 0.1) is 24.3 Å². The van der Waals surface area contributed by atoms with Crippen molar-refractivity contribution >= 4 is 33.7 Å². The highest BCUT2D eigenvalue weighted by Crippen LogP contribution is 2.28. The van der Waals surface area contributed by atoms with Gasteiger partial charge in [-0.25, -0.2) is 0 Å². The SMILES string of the molecule is COc1ccc([N+](=O)[O-])cc1NCC(=O)Nc1ccc2ccccc2c1. The van der Waals surface area contributed by atoms with E-state index in [0.717, 1.165) is 10.8 Å². The Bertz CT molecular complexity index is 972. The zero-order valence-corrected chi connectivity index (χ0v) is 14.1. The van der Waals surface area contributed by atoms with Crippen LogP contribution in [0.4, 0.5) is 17.1 Å². The van der Waals surface area contributed by atoms with Gasteiger partial charge in [-0.2, -0.15) is 0 Å². The van der Waals surface area contributed by atoms with Crippen molar-refractivity contribution in [3.8, 4) is 5.75 Å². The molecule has 0 bridgehead atoms. The first-order valence-corrected chi connectivity index (χ1v) is 7.92. The molecular formula is C19H17N3O4. The van der Waals surface area contributed by atoms with E-state index in [-0.39, 0.29) is 18.1 Å². The highest BCUT2D eigenvalue weighted by Gasteiger charge is 2.12. The van der Waals surface area contributed by atoms with Crippen LogP contribution in [0, 0.1) is 10.1 Å². The van der Waals surface area contributed by atoms with Crippen molar-refractivity contribution < 1.29 is 14.5 Å². The molecule has 0 saturated carbocycles. The van der Waals surface area contributed by atoms with E-state index in [2.05, 4.69) is 10.6 Å². The maximum Gasteiger partial charge on any atom is 0.271 e. The third-order valence-corrected chi connectivity index (χ3v) is 3.87. The molecular weight excluding hydrogens is 334 g/mol. The Labute approximate surface area is 149 Å². The number of benzene rings is 3. The van der Waals surface area contributed by atoms with Gasteiger partial charge in [0.1, 0.15) is 5.75 Å². The summed E-state index contributed by atoms with van der Waals surface area (Å²) in [6.07, 6.45) is 0. The summed E-state index contributed by atoms with van der Waals surface area (Å²) in [4.78, 5) is 22.6. The van der Waals surface area contributed by atoms with Gasteiger partial charge in [0.25, 0.3) is 5.69 Å². The predicted molar refractivity (Wildman–Crippen MR) is 101 cm³/mol. The number of non-ortho nitro benzene ring substituents is 1. The Morgan fingerprint density at radius 1 is 1.08 bits per heavy atom. The largest absolute Gasteiger partial charge is 0.495 e. The number of nitrogens with one attached hydrogen (secondary N) is 2. The zero-order valence-electron chi connectivity index (χ0n) is 14.1. The molecule has 3 aromatic rings. The van der Waals surface area contributed by atoms with Crippen LogP contribution in [0.1, 0.15) is 0 Å². The van der Waals surface area contributed by atoms with Crippen molar-refractivity contribution in [1.82, 2.24) is 0 Å². The fourth-order valence-corrected chi connectivity index (χ4v) is 2.60. The van der Waals surface area contributed by atoms with Crippen LogP contribution in [0.15, 0.2) is 60.7 Å². The van der Waals surface area contributed by atoms with Crippen LogP contribution in [0.3, 0.4) is 0 Å². The number of anilines is 2. The number of hydrogen-bond acceptors (Lipinski definition) is 5. The second-order valence-corrected chi connectivity index (χ2v) is 5.61. The van der Waals surface area contributed by atoms with Gasteiger partial charge in [-0.05, 0) is 29.0 Å². The first-order valence-electron chi connectivity index (χ1n) is 7.92. The molecule has 1 amide bonds. The molecule has 3 rings (SSSR count). The monoisotopic (exact) mass is 351 g/mol. The Hall–Kier alpha value is -3.61. The van der Waals surface area contributed by atoms with Gasteiger partial charge in [-0.15, -0.1) is 0 Å². The Kier molecular flexibility index (Phi) is 4.98. The van der Waals surface area contributed by atoms with Crippen LogP contribution in [-0.4, -0.2) is 24.5 Å². The number of nitro benzene ring substituents is 1. The number of carbonyl (C=O) groups is 1. The van der Waals surface area contributed by atoms with Gasteiger partial charge in [0.2, 0.25) is 5.91 Å². The molecule has 0 aromatic heterocycles. The van der Waals surface area contributed by atoms with Crippen molar-refractivity contribution in [3.63, 3.8) is 0 Å². The van der Waals surface area contributed by atoms with Crippen molar-refractivity contribution in [2.24, 2.45) is 0 Å². The van der Waals surface area contributed by atoms with Crippen LogP contribution in [0.5, 0.6) is 5.75 Å². The molecule has 0 aliphatic rings. The fourth-order valence-electron chi connectivity index (χ4n) is 2.60. The standard InChI is InChI=1S/C19H17N3O4/c1-26-18-9-8-16(22(24)25)11-17(18)20-12-19(23)21-15-7-6-13-4-2-3-5-14(13)10-15/h2-11,20H,12H2,1H3,(H,21,23). The lowest BCUT2D eigenvalue weighted by Gasteiger charge is -2.11. The molecule has 7 heteroatoms. The zero-order chi connectivity index (χ0) is 18.5. The number of rotatable bonds is 6. The van der Waals surface area contributed by atoms with Crippen LogP contribution < -0.4 is 15.4 Å². The van der Waals surface area contributed by atoms with Gasteiger partial charge in [0, 0.05) is 17.8 Å². The van der Waals surface area contributed by atoms with Crippen LogP contribution in [0.25, 0.3) is 10.8 Å². The number of hydrogen-bond donors (Lipinski definition) is 2. The van der Waals surface area contributed by atoms with Gasteiger partial charge >= 0.3 is 0 Å². The summed E-state index contributed by atoms with van der Waals surface area (Å²) in [6, 6.07) is 17.7. The van der Waals surface area contributed by atoms with Crippen LogP contribution in [-0.2, 0) is 4.79 Å². The minimum absolute atomic E-state index is 0.0512. The molecule has 132 valence electrons. The average Bonchev–Trinajstić information content (AvgIpc) is 2.66. The van der Waals surface area contributed by atoms with Crippen LogP contribution >= 0.6 is 0 Å². The van der Waals surface area contributed by atoms with Gasteiger partial charge < -0.3 is 15.4 Å². The second-order valence-electron chi connectivity index (χ2n) is 5.61. The van der Waals surface area contributed by atoms with E-state index < -0.39 is 4.92 Å². The average molecular weight is 351 g/mol. The maximum atomic E-state index is 12.2. The van der Waals surface area contributed by atoms with E-state index in [1.165, 1.54) is 25.3 Å². The Balaban J connectivity index is 1.68. The molecule has 26 heavy (non-hydrogen) atoms.